The highest BCUT2D eigenvalue weighted by Gasteiger charge is 2.13. The van der Waals surface area contributed by atoms with Gasteiger partial charge in [-0.15, -0.1) is 0 Å². The first-order valence-electron chi connectivity index (χ1n) is 5.22. The average molecular weight is 296 g/mol. The predicted octanol–water partition coefficient (Wildman–Crippen LogP) is 2.32. The van der Waals surface area contributed by atoms with Gasteiger partial charge in [0.1, 0.15) is 5.75 Å². The van der Waals surface area contributed by atoms with Gasteiger partial charge in [0.15, 0.2) is 0 Å². The van der Waals surface area contributed by atoms with E-state index in [1.54, 1.807) is 11.8 Å². The Kier molecular flexibility index (Phi) is 3.49. The molecule has 5 heteroatoms. The fourth-order valence-electron chi connectivity index (χ4n) is 1.82. The van der Waals surface area contributed by atoms with Crippen LogP contribution < -0.4 is 10.5 Å². The van der Waals surface area contributed by atoms with Crippen molar-refractivity contribution in [2.75, 3.05) is 7.11 Å². The molecule has 2 N–H and O–H groups in total. The second kappa shape index (κ2) is 4.89. The predicted molar refractivity (Wildman–Crippen MR) is 70.8 cm³/mol. The van der Waals surface area contributed by atoms with E-state index in [-0.39, 0.29) is 0 Å². The molecule has 0 unspecified atom stereocenters. The quantitative estimate of drug-likeness (QED) is 0.945. The molecule has 90 valence electrons. The van der Waals surface area contributed by atoms with Crippen molar-refractivity contribution in [3.05, 3.63) is 34.6 Å². The van der Waals surface area contributed by atoms with Gasteiger partial charge in [0, 0.05) is 29.2 Å². The molecule has 2 aromatic rings. The third-order valence-electron chi connectivity index (χ3n) is 2.71. The first kappa shape index (κ1) is 12.1. The molecule has 0 aliphatic carbocycles. The van der Waals surface area contributed by atoms with Crippen molar-refractivity contribution in [1.82, 2.24) is 9.78 Å². The molecule has 0 radical (unpaired) electrons. The molecule has 0 fully saturated rings. The average Bonchev–Trinajstić information content (AvgIpc) is 2.70. The monoisotopic (exact) mass is 295 g/mol. The van der Waals surface area contributed by atoms with Crippen LogP contribution in [-0.2, 0) is 13.6 Å². The summed E-state index contributed by atoms with van der Waals surface area (Å²) in [4.78, 5) is 0. The molecule has 1 aromatic carbocycles. The number of nitrogens with two attached hydrogens (primary N) is 1. The molecule has 4 nitrogen and oxygen atoms in total. The molecule has 0 saturated carbocycles. The van der Waals surface area contributed by atoms with Crippen molar-refractivity contribution >= 4 is 15.9 Å². The molecule has 0 aliphatic rings. The van der Waals surface area contributed by atoms with Crippen LogP contribution >= 0.6 is 15.9 Å². The van der Waals surface area contributed by atoms with E-state index in [1.165, 1.54) is 0 Å². The van der Waals surface area contributed by atoms with Crippen molar-refractivity contribution < 1.29 is 4.74 Å². The normalized spacial score (nSPS) is 10.6. The summed E-state index contributed by atoms with van der Waals surface area (Å²) in [6.45, 7) is 0.446. The number of rotatable bonds is 3. The van der Waals surface area contributed by atoms with Gasteiger partial charge in [-0.2, -0.15) is 5.10 Å². The SMILES string of the molecule is COc1ccc(Br)cc1-c1cnn(C)c1CN. The number of nitrogens with zero attached hydrogens (tertiary/aromatic N) is 2. The van der Waals surface area contributed by atoms with E-state index in [0.29, 0.717) is 6.54 Å². The number of aromatic nitrogens is 2. The van der Waals surface area contributed by atoms with Gasteiger partial charge >= 0.3 is 0 Å². The standard InChI is InChI=1S/C12H14BrN3O/c1-16-11(6-14)10(7-15-16)9-5-8(13)3-4-12(9)17-2/h3-5,7H,6,14H2,1-2H3. The van der Waals surface area contributed by atoms with E-state index >= 15 is 0 Å². The Morgan fingerprint density at radius 3 is 2.82 bits per heavy atom. The number of hydrogen-bond donors (Lipinski definition) is 1. The van der Waals surface area contributed by atoms with Crippen LogP contribution in [0.1, 0.15) is 5.69 Å². The molecule has 1 heterocycles. The van der Waals surface area contributed by atoms with Crippen LogP contribution in [-0.4, -0.2) is 16.9 Å². The molecule has 0 atom stereocenters. The maximum atomic E-state index is 5.75. The summed E-state index contributed by atoms with van der Waals surface area (Å²) >= 11 is 3.46. The number of aryl methyl sites for hydroxylation is 1. The molecule has 0 bridgehead atoms. The van der Waals surface area contributed by atoms with E-state index in [9.17, 15) is 0 Å². The highest BCUT2D eigenvalue weighted by molar-refractivity contribution is 9.10. The lowest BCUT2D eigenvalue weighted by molar-refractivity contribution is 0.416. The van der Waals surface area contributed by atoms with Crippen LogP contribution in [0.3, 0.4) is 0 Å². The van der Waals surface area contributed by atoms with E-state index in [2.05, 4.69) is 21.0 Å². The zero-order valence-corrected chi connectivity index (χ0v) is 11.4. The van der Waals surface area contributed by atoms with Crippen molar-refractivity contribution in [2.24, 2.45) is 12.8 Å². The first-order valence-corrected chi connectivity index (χ1v) is 6.01. The first-order chi connectivity index (χ1) is 8.17. The molecule has 0 amide bonds. The molecular formula is C12H14BrN3O. The molecule has 0 saturated heterocycles. The van der Waals surface area contributed by atoms with Gasteiger partial charge in [0.2, 0.25) is 0 Å². The summed E-state index contributed by atoms with van der Waals surface area (Å²) in [5.74, 6) is 0.816. The van der Waals surface area contributed by atoms with E-state index < -0.39 is 0 Å². The van der Waals surface area contributed by atoms with Crippen molar-refractivity contribution in [3.63, 3.8) is 0 Å². The summed E-state index contributed by atoms with van der Waals surface area (Å²) < 4.78 is 8.15. The molecule has 0 spiro atoms. The third-order valence-corrected chi connectivity index (χ3v) is 3.20. The summed E-state index contributed by atoms with van der Waals surface area (Å²) in [5, 5.41) is 4.23. The summed E-state index contributed by atoms with van der Waals surface area (Å²) in [7, 11) is 3.54. The van der Waals surface area contributed by atoms with Crippen molar-refractivity contribution in [3.8, 4) is 16.9 Å². The Bertz CT molecular complexity index is 537. The van der Waals surface area contributed by atoms with Gasteiger partial charge in [0.05, 0.1) is 19.0 Å². The maximum absolute atomic E-state index is 5.75. The molecule has 1 aromatic heterocycles. The minimum Gasteiger partial charge on any atom is -0.496 e. The van der Waals surface area contributed by atoms with E-state index in [0.717, 1.165) is 27.0 Å². The Morgan fingerprint density at radius 1 is 1.41 bits per heavy atom. The third kappa shape index (κ3) is 2.21. The fourth-order valence-corrected chi connectivity index (χ4v) is 2.18. The lowest BCUT2D eigenvalue weighted by Crippen LogP contribution is -2.05. The Hall–Kier alpha value is -1.33. The van der Waals surface area contributed by atoms with Gasteiger partial charge in [-0.05, 0) is 18.2 Å². The van der Waals surface area contributed by atoms with Crippen LogP contribution in [0.5, 0.6) is 5.75 Å². The Morgan fingerprint density at radius 2 is 2.18 bits per heavy atom. The van der Waals surface area contributed by atoms with E-state index in [4.69, 9.17) is 10.5 Å². The fraction of sp³-hybridized carbons (Fsp3) is 0.250. The second-order valence-electron chi connectivity index (χ2n) is 3.68. The Balaban J connectivity index is 2.62. The number of hydrogen-bond acceptors (Lipinski definition) is 3. The zero-order chi connectivity index (χ0) is 12.4. The largest absolute Gasteiger partial charge is 0.496 e. The molecular weight excluding hydrogens is 282 g/mol. The summed E-state index contributed by atoms with van der Waals surface area (Å²) in [6, 6.07) is 5.88. The van der Waals surface area contributed by atoms with Gasteiger partial charge in [-0.3, -0.25) is 4.68 Å². The summed E-state index contributed by atoms with van der Waals surface area (Å²) in [6.07, 6.45) is 1.81. The van der Waals surface area contributed by atoms with Crippen molar-refractivity contribution in [2.45, 2.75) is 6.54 Å². The highest BCUT2D eigenvalue weighted by atomic mass is 79.9. The van der Waals surface area contributed by atoms with Gasteiger partial charge in [-0.25, -0.2) is 0 Å². The minimum atomic E-state index is 0.446. The minimum absolute atomic E-state index is 0.446. The molecule has 17 heavy (non-hydrogen) atoms. The Labute approximate surface area is 109 Å². The highest BCUT2D eigenvalue weighted by Crippen LogP contribution is 2.34. The van der Waals surface area contributed by atoms with Gasteiger partial charge in [0.25, 0.3) is 0 Å². The van der Waals surface area contributed by atoms with Crippen LogP contribution in [0.4, 0.5) is 0 Å². The summed E-state index contributed by atoms with van der Waals surface area (Å²) in [5.41, 5.74) is 8.74. The number of methoxy groups -OCH3 is 1. The lowest BCUT2D eigenvalue weighted by Gasteiger charge is -2.09. The second-order valence-corrected chi connectivity index (χ2v) is 4.59. The van der Waals surface area contributed by atoms with Gasteiger partial charge < -0.3 is 10.5 Å². The van der Waals surface area contributed by atoms with Crippen LogP contribution in [0.15, 0.2) is 28.9 Å². The van der Waals surface area contributed by atoms with Crippen LogP contribution in [0.2, 0.25) is 0 Å². The van der Waals surface area contributed by atoms with Gasteiger partial charge in [-0.1, -0.05) is 15.9 Å². The maximum Gasteiger partial charge on any atom is 0.126 e. The number of benzene rings is 1. The smallest absolute Gasteiger partial charge is 0.126 e. The molecule has 0 aliphatic heterocycles. The number of halogens is 1. The van der Waals surface area contributed by atoms with Crippen LogP contribution in [0.25, 0.3) is 11.1 Å². The lowest BCUT2D eigenvalue weighted by atomic mass is 10.1. The van der Waals surface area contributed by atoms with E-state index in [1.807, 2.05) is 31.4 Å². The van der Waals surface area contributed by atoms with Crippen molar-refractivity contribution in [1.29, 1.82) is 0 Å². The number of ether oxygens (including phenoxy) is 1. The van der Waals surface area contributed by atoms with Crippen LogP contribution in [0, 0.1) is 0 Å². The molecule has 2 rings (SSSR count). The topological polar surface area (TPSA) is 53.1 Å². The zero-order valence-electron chi connectivity index (χ0n) is 9.77.